The second kappa shape index (κ2) is 8.82. The van der Waals surface area contributed by atoms with Crippen molar-refractivity contribution in [3.05, 3.63) is 34.1 Å². The summed E-state index contributed by atoms with van der Waals surface area (Å²) in [7, 11) is 1.68. The summed E-state index contributed by atoms with van der Waals surface area (Å²) in [6.07, 6.45) is 1.90. The van der Waals surface area contributed by atoms with E-state index >= 15 is 0 Å². The summed E-state index contributed by atoms with van der Waals surface area (Å²) in [6, 6.07) is 4.19. The van der Waals surface area contributed by atoms with Crippen LogP contribution in [0.3, 0.4) is 0 Å². The average molecular weight is 396 g/mol. The van der Waals surface area contributed by atoms with Gasteiger partial charge < -0.3 is 15.4 Å². The number of ether oxygens (including phenoxy) is 1. The van der Waals surface area contributed by atoms with Gasteiger partial charge in [-0.3, -0.25) is 4.79 Å². The highest BCUT2D eigenvalue weighted by Gasteiger charge is 2.32. The zero-order valence-corrected chi connectivity index (χ0v) is 14.9. The molecule has 22 heavy (non-hydrogen) atoms. The lowest BCUT2D eigenvalue weighted by Gasteiger charge is -2.37. The van der Waals surface area contributed by atoms with Crippen LogP contribution in [0.5, 0.6) is 0 Å². The van der Waals surface area contributed by atoms with Gasteiger partial charge in [0.05, 0.1) is 6.61 Å². The van der Waals surface area contributed by atoms with Crippen molar-refractivity contribution in [1.82, 2.24) is 10.6 Å². The van der Waals surface area contributed by atoms with E-state index in [1.165, 1.54) is 12.1 Å². The highest BCUT2D eigenvalue weighted by atomic mass is 79.9. The highest BCUT2D eigenvalue weighted by molar-refractivity contribution is 9.10. The minimum absolute atomic E-state index is 0. The molecule has 0 radical (unpaired) electrons. The number of hydrogen-bond acceptors (Lipinski definition) is 3. The topological polar surface area (TPSA) is 50.4 Å². The standard InChI is InChI=1S/C15H20BrFN2O2.ClH/c1-21-10-15(2-4-18-5-3-15)9-19-14(20)11-6-12(16)8-13(17)7-11;/h6-8,18H,2-5,9-10H2,1H3,(H,19,20);1H. The van der Waals surface area contributed by atoms with Crippen LogP contribution in [-0.2, 0) is 4.74 Å². The van der Waals surface area contributed by atoms with Gasteiger partial charge in [0.2, 0.25) is 0 Å². The van der Waals surface area contributed by atoms with Crippen LogP contribution in [0.2, 0.25) is 0 Å². The molecule has 1 aromatic rings. The number of carbonyl (C=O) groups excluding carboxylic acids is 1. The molecule has 124 valence electrons. The van der Waals surface area contributed by atoms with Gasteiger partial charge in [-0.05, 0) is 44.1 Å². The molecule has 1 amide bonds. The Hall–Kier alpha value is -0.690. The number of piperidine rings is 1. The predicted octanol–water partition coefficient (Wildman–Crippen LogP) is 2.76. The van der Waals surface area contributed by atoms with Crippen molar-refractivity contribution >= 4 is 34.2 Å². The van der Waals surface area contributed by atoms with Crippen LogP contribution in [-0.4, -0.2) is 39.3 Å². The molecule has 0 atom stereocenters. The molecule has 1 saturated heterocycles. The van der Waals surface area contributed by atoms with Crippen LogP contribution >= 0.6 is 28.3 Å². The number of halogens is 3. The minimum atomic E-state index is -0.428. The van der Waals surface area contributed by atoms with Crippen LogP contribution in [0.25, 0.3) is 0 Å². The van der Waals surface area contributed by atoms with Crippen LogP contribution in [0.1, 0.15) is 23.2 Å². The Morgan fingerprint density at radius 1 is 1.41 bits per heavy atom. The summed E-state index contributed by atoms with van der Waals surface area (Å²) in [5, 5.41) is 6.22. The van der Waals surface area contributed by atoms with Gasteiger partial charge in [0.15, 0.2) is 0 Å². The molecule has 0 bridgehead atoms. The largest absolute Gasteiger partial charge is 0.384 e. The fourth-order valence-corrected chi connectivity index (χ4v) is 3.16. The third-order valence-electron chi connectivity index (χ3n) is 3.86. The Balaban J connectivity index is 0.00000242. The highest BCUT2D eigenvalue weighted by Crippen LogP contribution is 2.28. The lowest BCUT2D eigenvalue weighted by Crippen LogP contribution is -2.47. The number of benzene rings is 1. The van der Waals surface area contributed by atoms with Crippen LogP contribution in [0.15, 0.2) is 22.7 Å². The summed E-state index contributed by atoms with van der Waals surface area (Å²) < 4.78 is 19.2. The van der Waals surface area contributed by atoms with Gasteiger partial charge in [-0.1, -0.05) is 15.9 Å². The lowest BCUT2D eigenvalue weighted by atomic mass is 9.79. The van der Waals surface area contributed by atoms with Crippen molar-refractivity contribution in [3.63, 3.8) is 0 Å². The first-order valence-electron chi connectivity index (χ1n) is 6.99. The van der Waals surface area contributed by atoms with Crippen molar-refractivity contribution < 1.29 is 13.9 Å². The van der Waals surface area contributed by atoms with Crippen LogP contribution < -0.4 is 10.6 Å². The van der Waals surface area contributed by atoms with E-state index in [1.54, 1.807) is 13.2 Å². The number of amides is 1. The molecule has 4 nitrogen and oxygen atoms in total. The Morgan fingerprint density at radius 3 is 2.68 bits per heavy atom. The molecule has 0 spiro atoms. The molecule has 0 aromatic heterocycles. The van der Waals surface area contributed by atoms with E-state index in [1.807, 2.05) is 0 Å². The second-order valence-corrected chi connectivity index (χ2v) is 6.44. The fraction of sp³-hybridized carbons (Fsp3) is 0.533. The zero-order valence-electron chi connectivity index (χ0n) is 12.5. The summed E-state index contributed by atoms with van der Waals surface area (Å²) in [4.78, 5) is 12.2. The van der Waals surface area contributed by atoms with Crippen molar-refractivity contribution in [3.8, 4) is 0 Å². The monoisotopic (exact) mass is 394 g/mol. The Kier molecular flexibility index (Phi) is 7.76. The summed E-state index contributed by atoms with van der Waals surface area (Å²) in [6.45, 7) is 2.99. The molecule has 1 fully saturated rings. The summed E-state index contributed by atoms with van der Waals surface area (Å²) in [5.41, 5.74) is 0.281. The smallest absolute Gasteiger partial charge is 0.251 e. The second-order valence-electron chi connectivity index (χ2n) is 5.52. The van der Waals surface area contributed by atoms with E-state index in [-0.39, 0.29) is 23.7 Å². The van der Waals surface area contributed by atoms with Crippen molar-refractivity contribution in [2.45, 2.75) is 12.8 Å². The SMILES string of the molecule is COCC1(CNC(=O)c2cc(F)cc(Br)c2)CCNCC1.Cl. The minimum Gasteiger partial charge on any atom is -0.384 e. The van der Waals surface area contributed by atoms with E-state index in [2.05, 4.69) is 26.6 Å². The Labute approximate surface area is 144 Å². The molecule has 0 aliphatic carbocycles. The van der Waals surface area contributed by atoms with E-state index in [0.717, 1.165) is 25.9 Å². The van der Waals surface area contributed by atoms with Gasteiger partial charge >= 0.3 is 0 Å². The van der Waals surface area contributed by atoms with E-state index in [0.29, 0.717) is 23.2 Å². The summed E-state index contributed by atoms with van der Waals surface area (Å²) >= 11 is 3.20. The number of methoxy groups -OCH3 is 1. The third-order valence-corrected chi connectivity index (χ3v) is 4.32. The van der Waals surface area contributed by atoms with Gasteiger partial charge in [0.1, 0.15) is 5.82 Å². The Morgan fingerprint density at radius 2 is 2.09 bits per heavy atom. The van der Waals surface area contributed by atoms with Crippen molar-refractivity contribution in [2.24, 2.45) is 5.41 Å². The average Bonchev–Trinajstić information content (AvgIpc) is 2.45. The fourth-order valence-electron chi connectivity index (χ4n) is 2.69. The lowest BCUT2D eigenvalue weighted by molar-refractivity contribution is 0.0511. The molecule has 2 N–H and O–H groups in total. The van der Waals surface area contributed by atoms with Gasteiger partial charge in [-0.2, -0.15) is 0 Å². The maximum atomic E-state index is 13.3. The van der Waals surface area contributed by atoms with E-state index < -0.39 is 5.82 Å². The number of rotatable bonds is 5. The maximum Gasteiger partial charge on any atom is 0.251 e. The van der Waals surface area contributed by atoms with E-state index in [9.17, 15) is 9.18 Å². The molecule has 2 rings (SSSR count). The molecular weight excluding hydrogens is 375 g/mol. The normalized spacial score (nSPS) is 16.7. The zero-order chi connectivity index (χ0) is 15.3. The first kappa shape index (κ1) is 19.4. The predicted molar refractivity (Wildman–Crippen MR) is 90.1 cm³/mol. The van der Waals surface area contributed by atoms with Crippen molar-refractivity contribution in [1.29, 1.82) is 0 Å². The van der Waals surface area contributed by atoms with Gasteiger partial charge in [-0.25, -0.2) is 4.39 Å². The molecule has 0 unspecified atom stereocenters. The first-order valence-corrected chi connectivity index (χ1v) is 7.78. The number of carbonyl (C=O) groups is 1. The third kappa shape index (κ3) is 5.19. The molecule has 1 heterocycles. The van der Waals surface area contributed by atoms with Gasteiger partial charge in [0.25, 0.3) is 5.91 Å². The van der Waals surface area contributed by atoms with Gasteiger partial charge in [0, 0.05) is 29.1 Å². The summed E-state index contributed by atoms with van der Waals surface area (Å²) in [5.74, 6) is -0.688. The molecule has 1 aliphatic rings. The molecule has 1 aliphatic heterocycles. The van der Waals surface area contributed by atoms with Gasteiger partial charge in [-0.15, -0.1) is 12.4 Å². The van der Waals surface area contributed by atoms with Crippen LogP contribution in [0.4, 0.5) is 4.39 Å². The van der Waals surface area contributed by atoms with Crippen LogP contribution in [0, 0.1) is 11.2 Å². The Bertz CT molecular complexity index is 485. The first-order chi connectivity index (χ1) is 10.0. The molecule has 7 heteroatoms. The molecule has 0 saturated carbocycles. The molecule has 1 aromatic carbocycles. The molecular formula is C15H21BrClFN2O2. The maximum absolute atomic E-state index is 13.3. The van der Waals surface area contributed by atoms with Crippen molar-refractivity contribution in [2.75, 3.05) is 33.4 Å². The number of nitrogens with one attached hydrogen (secondary N) is 2. The number of hydrogen-bond donors (Lipinski definition) is 2. The quantitative estimate of drug-likeness (QED) is 0.806. The van der Waals surface area contributed by atoms with E-state index in [4.69, 9.17) is 4.74 Å².